The number of pyridine rings is 1. The summed E-state index contributed by atoms with van der Waals surface area (Å²) >= 11 is 0. The third-order valence-corrected chi connectivity index (χ3v) is 4.18. The predicted octanol–water partition coefficient (Wildman–Crippen LogP) is 3.82. The van der Waals surface area contributed by atoms with E-state index in [1.807, 2.05) is 36.4 Å². The molecule has 1 N–H and O–H groups in total. The Morgan fingerprint density at radius 2 is 1.89 bits per heavy atom. The SMILES string of the molecule is N#Cc1cccc(C2=Nc3ccc(C#Cc4ccccn4)cc3NC(=O)C2)c1. The Bertz CT molecular complexity index is 1190. The summed E-state index contributed by atoms with van der Waals surface area (Å²) in [7, 11) is 0. The highest BCUT2D eigenvalue weighted by Gasteiger charge is 2.17. The Labute approximate surface area is 162 Å². The quantitative estimate of drug-likeness (QED) is 0.669. The summed E-state index contributed by atoms with van der Waals surface area (Å²) in [6.07, 6.45) is 1.83. The number of carbonyl (C=O) groups is 1. The van der Waals surface area contributed by atoms with Crippen LogP contribution in [-0.2, 0) is 4.79 Å². The summed E-state index contributed by atoms with van der Waals surface area (Å²) in [5, 5.41) is 12.0. The molecule has 28 heavy (non-hydrogen) atoms. The summed E-state index contributed by atoms with van der Waals surface area (Å²) in [4.78, 5) is 21.2. The lowest BCUT2D eigenvalue weighted by Crippen LogP contribution is -2.15. The maximum absolute atomic E-state index is 12.4. The van der Waals surface area contributed by atoms with Crippen LogP contribution in [0.3, 0.4) is 0 Å². The minimum absolute atomic E-state index is 0.137. The van der Waals surface area contributed by atoms with Crippen molar-refractivity contribution in [3.8, 4) is 17.9 Å². The molecule has 5 heteroatoms. The molecule has 0 unspecified atom stereocenters. The van der Waals surface area contributed by atoms with E-state index in [2.05, 4.69) is 33.2 Å². The van der Waals surface area contributed by atoms with Crippen LogP contribution in [0.25, 0.3) is 0 Å². The molecule has 3 aromatic rings. The molecule has 0 fully saturated rings. The number of carbonyl (C=O) groups excluding carboxylic acids is 1. The number of nitrogens with zero attached hydrogens (tertiary/aromatic N) is 3. The number of nitriles is 1. The molecule has 0 aliphatic carbocycles. The van der Waals surface area contributed by atoms with Crippen LogP contribution >= 0.6 is 0 Å². The van der Waals surface area contributed by atoms with Crippen molar-refractivity contribution in [2.75, 3.05) is 5.32 Å². The van der Waals surface area contributed by atoms with Crippen molar-refractivity contribution in [3.05, 3.63) is 89.2 Å². The lowest BCUT2D eigenvalue weighted by molar-refractivity contribution is -0.115. The molecule has 1 aromatic heterocycles. The molecule has 1 aliphatic rings. The molecule has 0 spiro atoms. The van der Waals surface area contributed by atoms with Crippen LogP contribution in [0.4, 0.5) is 11.4 Å². The van der Waals surface area contributed by atoms with Gasteiger partial charge in [0.05, 0.1) is 35.1 Å². The molecule has 0 radical (unpaired) electrons. The average Bonchev–Trinajstić information content (AvgIpc) is 2.90. The molecule has 4 rings (SSSR count). The Hall–Kier alpha value is -4.22. The van der Waals surface area contributed by atoms with Crippen LogP contribution in [0.1, 0.15) is 28.8 Å². The summed E-state index contributed by atoms with van der Waals surface area (Å²) in [6.45, 7) is 0. The fourth-order valence-electron chi connectivity index (χ4n) is 2.85. The van der Waals surface area contributed by atoms with E-state index < -0.39 is 0 Å². The zero-order chi connectivity index (χ0) is 19.3. The van der Waals surface area contributed by atoms with E-state index >= 15 is 0 Å². The normalized spacial score (nSPS) is 12.4. The second-order valence-corrected chi connectivity index (χ2v) is 6.17. The van der Waals surface area contributed by atoms with Gasteiger partial charge in [0.15, 0.2) is 0 Å². The maximum Gasteiger partial charge on any atom is 0.230 e. The molecule has 132 valence electrons. The molecule has 0 atom stereocenters. The van der Waals surface area contributed by atoms with Crippen LogP contribution in [0.5, 0.6) is 0 Å². The summed E-state index contributed by atoms with van der Waals surface area (Å²) in [6, 6.07) is 20.3. The van der Waals surface area contributed by atoms with Gasteiger partial charge in [-0.15, -0.1) is 0 Å². The van der Waals surface area contributed by atoms with Gasteiger partial charge in [0, 0.05) is 11.8 Å². The van der Waals surface area contributed by atoms with Crippen molar-refractivity contribution in [2.24, 2.45) is 4.99 Å². The van der Waals surface area contributed by atoms with Crippen molar-refractivity contribution in [1.82, 2.24) is 4.98 Å². The fraction of sp³-hybridized carbons (Fsp3) is 0.0435. The Balaban J connectivity index is 1.70. The molecular formula is C23H14N4O. The van der Waals surface area contributed by atoms with E-state index in [0.717, 1.165) is 11.1 Å². The highest BCUT2D eigenvalue weighted by molar-refractivity contribution is 6.17. The molecule has 0 saturated heterocycles. The maximum atomic E-state index is 12.4. The van der Waals surface area contributed by atoms with Gasteiger partial charge >= 0.3 is 0 Å². The third-order valence-electron chi connectivity index (χ3n) is 4.18. The van der Waals surface area contributed by atoms with Gasteiger partial charge in [-0.25, -0.2) is 4.98 Å². The van der Waals surface area contributed by atoms with Gasteiger partial charge in [0.1, 0.15) is 5.69 Å². The van der Waals surface area contributed by atoms with E-state index in [0.29, 0.717) is 28.3 Å². The van der Waals surface area contributed by atoms with Gasteiger partial charge in [-0.05, 0) is 53.9 Å². The van der Waals surface area contributed by atoms with Gasteiger partial charge in [-0.2, -0.15) is 5.26 Å². The molecule has 2 heterocycles. The predicted molar refractivity (Wildman–Crippen MR) is 107 cm³/mol. The van der Waals surface area contributed by atoms with E-state index in [1.54, 1.807) is 30.5 Å². The summed E-state index contributed by atoms with van der Waals surface area (Å²) in [5.41, 5.74) is 4.64. The second kappa shape index (κ2) is 7.57. The summed E-state index contributed by atoms with van der Waals surface area (Å²) in [5.74, 6) is 5.90. The van der Waals surface area contributed by atoms with Crippen LogP contribution in [0.2, 0.25) is 0 Å². The van der Waals surface area contributed by atoms with E-state index in [-0.39, 0.29) is 12.3 Å². The standard InChI is InChI=1S/C23H14N4O/c24-15-17-4-3-5-18(12-17)21-14-23(28)27-22-13-16(8-10-20(22)26-21)7-9-19-6-1-2-11-25-19/h1-6,8,10-13H,14H2,(H,27,28). The van der Waals surface area contributed by atoms with E-state index in [9.17, 15) is 4.79 Å². The van der Waals surface area contributed by atoms with Gasteiger partial charge in [-0.3, -0.25) is 9.79 Å². The van der Waals surface area contributed by atoms with Crippen molar-refractivity contribution in [1.29, 1.82) is 5.26 Å². The number of hydrogen-bond acceptors (Lipinski definition) is 4. The number of anilines is 1. The molecule has 5 nitrogen and oxygen atoms in total. The number of hydrogen-bond donors (Lipinski definition) is 1. The van der Waals surface area contributed by atoms with E-state index in [1.165, 1.54) is 0 Å². The minimum atomic E-state index is -0.158. The van der Waals surface area contributed by atoms with Gasteiger partial charge in [-0.1, -0.05) is 24.1 Å². The fourth-order valence-corrected chi connectivity index (χ4v) is 2.85. The third kappa shape index (κ3) is 3.80. The molecular weight excluding hydrogens is 348 g/mol. The zero-order valence-electron chi connectivity index (χ0n) is 14.8. The number of rotatable bonds is 1. The Morgan fingerprint density at radius 1 is 0.964 bits per heavy atom. The van der Waals surface area contributed by atoms with Crippen LogP contribution in [0, 0.1) is 23.2 Å². The number of fused-ring (bicyclic) bond motifs is 1. The lowest BCUT2D eigenvalue weighted by Gasteiger charge is -2.04. The lowest BCUT2D eigenvalue weighted by atomic mass is 10.0. The molecule has 0 saturated carbocycles. The van der Waals surface area contributed by atoms with Crippen LogP contribution < -0.4 is 5.32 Å². The number of aliphatic imine (C=N–C) groups is 1. The van der Waals surface area contributed by atoms with Crippen molar-refractivity contribution in [2.45, 2.75) is 6.42 Å². The average molecular weight is 362 g/mol. The molecule has 2 aromatic carbocycles. The number of benzene rings is 2. The van der Waals surface area contributed by atoms with Gasteiger partial charge < -0.3 is 5.32 Å². The molecule has 0 bridgehead atoms. The zero-order valence-corrected chi connectivity index (χ0v) is 14.8. The largest absolute Gasteiger partial charge is 0.324 e. The highest BCUT2D eigenvalue weighted by atomic mass is 16.1. The second-order valence-electron chi connectivity index (χ2n) is 6.17. The van der Waals surface area contributed by atoms with Crippen molar-refractivity contribution in [3.63, 3.8) is 0 Å². The van der Waals surface area contributed by atoms with Gasteiger partial charge in [0.25, 0.3) is 0 Å². The first-order valence-electron chi connectivity index (χ1n) is 8.66. The minimum Gasteiger partial charge on any atom is -0.324 e. The smallest absolute Gasteiger partial charge is 0.230 e. The number of aromatic nitrogens is 1. The van der Waals surface area contributed by atoms with Crippen LogP contribution in [0.15, 0.2) is 71.9 Å². The highest BCUT2D eigenvalue weighted by Crippen LogP contribution is 2.30. The number of amides is 1. The molecule has 1 amide bonds. The van der Waals surface area contributed by atoms with E-state index in [4.69, 9.17) is 5.26 Å². The Morgan fingerprint density at radius 3 is 2.71 bits per heavy atom. The monoisotopic (exact) mass is 362 g/mol. The Kier molecular flexibility index (Phi) is 4.65. The van der Waals surface area contributed by atoms with Crippen molar-refractivity contribution < 1.29 is 4.79 Å². The van der Waals surface area contributed by atoms with Crippen molar-refractivity contribution >= 4 is 23.0 Å². The summed E-state index contributed by atoms with van der Waals surface area (Å²) < 4.78 is 0. The number of nitrogens with one attached hydrogen (secondary N) is 1. The first-order chi connectivity index (χ1) is 13.7. The van der Waals surface area contributed by atoms with Gasteiger partial charge in [0.2, 0.25) is 5.91 Å². The molecule has 1 aliphatic heterocycles. The van der Waals surface area contributed by atoms with Crippen LogP contribution in [-0.4, -0.2) is 16.6 Å². The first-order valence-corrected chi connectivity index (χ1v) is 8.66. The topological polar surface area (TPSA) is 78.1 Å². The first kappa shape index (κ1) is 17.2.